The molecular weight excluding hydrogens is 387 g/mol. The third kappa shape index (κ3) is 2.86. The number of aromatic nitrogens is 2. The SMILES string of the molecule is Cn1ccnc1[C@@H](NC(=O)CN1C(=O)[C@@H]2[C@H](C1=O)[C@H]1C=C[C@H]2C1)c1ccc(F)cc1. The van der Waals surface area contributed by atoms with Crippen LogP contribution in [-0.4, -0.2) is 38.7 Å². The van der Waals surface area contributed by atoms with E-state index in [0.717, 1.165) is 11.3 Å². The largest absolute Gasteiger partial charge is 0.341 e. The van der Waals surface area contributed by atoms with E-state index in [1.54, 1.807) is 36.1 Å². The highest BCUT2D eigenvalue weighted by molar-refractivity contribution is 6.08. The number of hydrogen-bond acceptors (Lipinski definition) is 4. The lowest BCUT2D eigenvalue weighted by atomic mass is 9.85. The van der Waals surface area contributed by atoms with E-state index in [0.29, 0.717) is 11.4 Å². The van der Waals surface area contributed by atoms with Crippen LogP contribution in [0.15, 0.2) is 48.8 Å². The molecule has 7 nitrogen and oxygen atoms in total. The minimum Gasteiger partial charge on any atom is -0.341 e. The number of imide groups is 1. The molecule has 2 fully saturated rings. The lowest BCUT2D eigenvalue weighted by Crippen LogP contribution is -2.43. The summed E-state index contributed by atoms with van der Waals surface area (Å²) in [7, 11) is 1.79. The molecule has 1 aromatic carbocycles. The number of carbonyl (C=O) groups excluding carboxylic acids is 3. The Bertz CT molecular complexity index is 1030. The van der Waals surface area contributed by atoms with Gasteiger partial charge in [0.25, 0.3) is 0 Å². The first kappa shape index (κ1) is 18.7. The summed E-state index contributed by atoms with van der Waals surface area (Å²) in [5.74, 6) is -1.26. The number of amides is 3. The maximum absolute atomic E-state index is 13.4. The van der Waals surface area contributed by atoms with E-state index in [-0.39, 0.29) is 47.8 Å². The lowest BCUT2D eigenvalue weighted by molar-refractivity contribution is -0.144. The fraction of sp³-hybridized carbons (Fsp3) is 0.364. The molecule has 0 radical (unpaired) electrons. The predicted molar refractivity (Wildman–Crippen MR) is 104 cm³/mol. The van der Waals surface area contributed by atoms with Gasteiger partial charge in [0.2, 0.25) is 17.7 Å². The predicted octanol–water partition coefficient (Wildman–Crippen LogP) is 1.57. The Morgan fingerprint density at radius 2 is 1.80 bits per heavy atom. The van der Waals surface area contributed by atoms with Gasteiger partial charge in [-0.2, -0.15) is 0 Å². The lowest BCUT2D eigenvalue weighted by Gasteiger charge is -2.22. The van der Waals surface area contributed by atoms with E-state index in [1.165, 1.54) is 12.1 Å². The van der Waals surface area contributed by atoms with Crippen molar-refractivity contribution in [2.24, 2.45) is 30.7 Å². The van der Waals surface area contributed by atoms with E-state index in [1.807, 2.05) is 12.2 Å². The van der Waals surface area contributed by atoms with Gasteiger partial charge in [0.15, 0.2) is 0 Å². The first-order valence-electron chi connectivity index (χ1n) is 9.99. The molecule has 1 aromatic heterocycles. The summed E-state index contributed by atoms with van der Waals surface area (Å²) >= 11 is 0. The molecule has 5 rings (SSSR count). The van der Waals surface area contributed by atoms with Crippen molar-refractivity contribution in [1.82, 2.24) is 19.8 Å². The van der Waals surface area contributed by atoms with E-state index >= 15 is 0 Å². The zero-order valence-electron chi connectivity index (χ0n) is 16.4. The monoisotopic (exact) mass is 408 g/mol. The standard InChI is InChI=1S/C22H21FN4O3/c1-26-9-8-24-20(26)19(12-4-6-15(23)7-5-12)25-16(28)11-27-21(29)17-13-2-3-14(10-13)18(17)22(27)30/h2-9,13-14,17-19H,10-11H2,1H3,(H,25,28)/t13-,14-,17-,18+,19-/m0/s1. The number of hydrogen-bond donors (Lipinski definition) is 1. The summed E-state index contributed by atoms with van der Waals surface area (Å²) in [5.41, 5.74) is 0.650. The summed E-state index contributed by atoms with van der Waals surface area (Å²) in [6.45, 7) is -0.327. The second-order valence-electron chi connectivity index (χ2n) is 8.21. The van der Waals surface area contributed by atoms with Crippen molar-refractivity contribution in [3.63, 3.8) is 0 Å². The Labute approximate surface area is 172 Å². The second-order valence-corrected chi connectivity index (χ2v) is 8.21. The van der Waals surface area contributed by atoms with Crippen LogP contribution in [0.4, 0.5) is 4.39 Å². The Kier molecular flexibility index (Phi) is 4.30. The van der Waals surface area contributed by atoms with Gasteiger partial charge >= 0.3 is 0 Å². The van der Waals surface area contributed by atoms with Crippen LogP contribution in [0.25, 0.3) is 0 Å². The summed E-state index contributed by atoms with van der Waals surface area (Å²) < 4.78 is 15.1. The molecule has 1 aliphatic heterocycles. The Hall–Kier alpha value is -3.29. The molecule has 8 heteroatoms. The number of likely N-dealkylation sites (tertiary alicyclic amines) is 1. The quantitative estimate of drug-likeness (QED) is 0.601. The van der Waals surface area contributed by atoms with Crippen LogP contribution in [0.1, 0.15) is 23.9 Å². The van der Waals surface area contributed by atoms with Crippen molar-refractivity contribution in [2.75, 3.05) is 6.54 Å². The molecule has 154 valence electrons. The smallest absolute Gasteiger partial charge is 0.241 e. The van der Waals surface area contributed by atoms with Gasteiger partial charge in [0.05, 0.1) is 11.8 Å². The molecule has 1 saturated carbocycles. The van der Waals surface area contributed by atoms with Gasteiger partial charge in [0.1, 0.15) is 24.2 Å². The third-order valence-corrected chi connectivity index (χ3v) is 6.49. The Morgan fingerprint density at radius 3 is 2.37 bits per heavy atom. The summed E-state index contributed by atoms with van der Waals surface area (Å²) in [4.78, 5) is 43.9. The number of fused-ring (bicyclic) bond motifs is 5. The second kappa shape index (κ2) is 6.90. The molecular formula is C22H21FN4O3. The fourth-order valence-electron chi connectivity index (χ4n) is 5.08. The molecule has 2 bridgehead atoms. The third-order valence-electron chi connectivity index (χ3n) is 6.49. The molecule has 30 heavy (non-hydrogen) atoms. The van der Waals surface area contributed by atoms with E-state index < -0.39 is 11.9 Å². The molecule has 1 saturated heterocycles. The van der Waals surface area contributed by atoms with Crippen LogP contribution in [-0.2, 0) is 21.4 Å². The normalized spacial score (nSPS) is 27.6. The van der Waals surface area contributed by atoms with Crippen molar-refractivity contribution in [1.29, 1.82) is 0 Å². The summed E-state index contributed by atoms with van der Waals surface area (Å²) in [6.07, 6.45) is 8.24. The highest BCUT2D eigenvalue weighted by Crippen LogP contribution is 2.52. The van der Waals surface area contributed by atoms with Crippen LogP contribution in [0.3, 0.4) is 0 Å². The fourth-order valence-corrected chi connectivity index (χ4v) is 5.08. The minimum absolute atomic E-state index is 0.101. The molecule has 0 unspecified atom stereocenters. The first-order chi connectivity index (χ1) is 14.4. The zero-order valence-corrected chi connectivity index (χ0v) is 16.4. The number of allylic oxidation sites excluding steroid dienone is 2. The van der Waals surface area contributed by atoms with Crippen molar-refractivity contribution < 1.29 is 18.8 Å². The van der Waals surface area contributed by atoms with Crippen molar-refractivity contribution in [2.45, 2.75) is 12.5 Å². The minimum atomic E-state index is -0.636. The average molecular weight is 408 g/mol. The van der Waals surface area contributed by atoms with Gasteiger partial charge in [-0.25, -0.2) is 9.37 Å². The van der Waals surface area contributed by atoms with Gasteiger partial charge in [-0.3, -0.25) is 19.3 Å². The van der Waals surface area contributed by atoms with Gasteiger partial charge < -0.3 is 9.88 Å². The van der Waals surface area contributed by atoms with Crippen LogP contribution < -0.4 is 5.32 Å². The highest BCUT2D eigenvalue weighted by atomic mass is 19.1. The van der Waals surface area contributed by atoms with Gasteiger partial charge in [0, 0.05) is 19.4 Å². The highest BCUT2D eigenvalue weighted by Gasteiger charge is 2.59. The summed E-state index contributed by atoms with van der Waals surface area (Å²) in [5, 5.41) is 2.86. The Morgan fingerprint density at radius 1 is 1.17 bits per heavy atom. The van der Waals surface area contributed by atoms with Crippen LogP contribution in [0, 0.1) is 29.5 Å². The molecule has 2 heterocycles. The van der Waals surface area contributed by atoms with E-state index in [2.05, 4.69) is 10.3 Å². The summed E-state index contributed by atoms with van der Waals surface area (Å²) in [6, 6.07) is 5.15. The number of benzene rings is 1. The number of rotatable bonds is 5. The topological polar surface area (TPSA) is 84.3 Å². The zero-order chi connectivity index (χ0) is 21.0. The van der Waals surface area contributed by atoms with E-state index in [9.17, 15) is 18.8 Å². The first-order valence-corrected chi connectivity index (χ1v) is 9.99. The van der Waals surface area contributed by atoms with Crippen LogP contribution >= 0.6 is 0 Å². The Balaban J connectivity index is 1.35. The van der Waals surface area contributed by atoms with E-state index in [4.69, 9.17) is 0 Å². The number of halogens is 1. The number of nitrogens with one attached hydrogen (secondary N) is 1. The molecule has 2 aromatic rings. The number of aryl methyl sites for hydroxylation is 1. The molecule has 2 aliphatic carbocycles. The van der Waals surface area contributed by atoms with Crippen LogP contribution in [0.5, 0.6) is 0 Å². The molecule has 3 amide bonds. The van der Waals surface area contributed by atoms with Crippen molar-refractivity contribution in [3.05, 3.63) is 66.0 Å². The number of nitrogens with zero attached hydrogens (tertiary/aromatic N) is 3. The van der Waals surface area contributed by atoms with Gasteiger partial charge in [-0.05, 0) is 36.0 Å². The molecule has 5 atom stereocenters. The number of carbonyl (C=O) groups is 3. The van der Waals surface area contributed by atoms with Gasteiger partial charge in [-0.1, -0.05) is 24.3 Å². The van der Waals surface area contributed by atoms with Crippen molar-refractivity contribution >= 4 is 17.7 Å². The van der Waals surface area contributed by atoms with Gasteiger partial charge in [-0.15, -0.1) is 0 Å². The average Bonchev–Trinajstić information content (AvgIpc) is 3.49. The molecule has 3 aliphatic rings. The maximum Gasteiger partial charge on any atom is 0.241 e. The number of imidazole rings is 1. The van der Waals surface area contributed by atoms with Crippen molar-refractivity contribution in [3.8, 4) is 0 Å². The van der Waals surface area contributed by atoms with Crippen LogP contribution in [0.2, 0.25) is 0 Å². The molecule has 1 N–H and O–H groups in total. The maximum atomic E-state index is 13.4. The molecule has 0 spiro atoms.